The summed E-state index contributed by atoms with van der Waals surface area (Å²) in [5.41, 5.74) is 2.33. The van der Waals surface area contributed by atoms with Gasteiger partial charge in [0.2, 0.25) is 0 Å². The van der Waals surface area contributed by atoms with Gasteiger partial charge in [-0.15, -0.1) is 0 Å². The van der Waals surface area contributed by atoms with E-state index in [-0.39, 0.29) is 17.3 Å². The molecular weight excluding hydrogens is 345 g/mol. The van der Waals surface area contributed by atoms with Crippen molar-refractivity contribution in [2.75, 3.05) is 0 Å². The van der Waals surface area contributed by atoms with Gasteiger partial charge in [-0.05, 0) is 38.7 Å². The van der Waals surface area contributed by atoms with Gasteiger partial charge in [0, 0.05) is 29.0 Å². The second kappa shape index (κ2) is 6.95. The predicted molar refractivity (Wildman–Crippen MR) is 101 cm³/mol. The quantitative estimate of drug-likeness (QED) is 0.801. The molecule has 144 valence electrons. The summed E-state index contributed by atoms with van der Waals surface area (Å²) >= 11 is 0. The summed E-state index contributed by atoms with van der Waals surface area (Å²) in [5.74, 6) is -1.76. The number of carbonyl (C=O) groups excluding carboxylic acids is 2. The lowest BCUT2D eigenvalue weighted by molar-refractivity contribution is -0.143. The normalized spacial score (nSPS) is 21.9. The van der Waals surface area contributed by atoms with Gasteiger partial charge in [0.15, 0.2) is 5.78 Å². The van der Waals surface area contributed by atoms with E-state index in [2.05, 4.69) is 5.32 Å². The molecule has 1 heterocycles. The molecule has 3 rings (SSSR count). The molecule has 0 saturated heterocycles. The Morgan fingerprint density at radius 2 is 1.93 bits per heavy atom. The van der Waals surface area contributed by atoms with Crippen LogP contribution in [0.5, 0.6) is 0 Å². The molecule has 0 spiro atoms. The number of ketones is 1. The fourth-order valence-corrected chi connectivity index (χ4v) is 4.00. The number of hydrogen-bond donors (Lipinski definition) is 1. The van der Waals surface area contributed by atoms with Crippen molar-refractivity contribution in [1.82, 2.24) is 5.32 Å². The van der Waals surface area contributed by atoms with E-state index >= 15 is 0 Å². The lowest BCUT2D eigenvalue weighted by atomic mass is 9.68. The molecule has 1 unspecified atom stereocenters. The molecular formula is C22H26FNO3. The van der Waals surface area contributed by atoms with Gasteiger partial charge >= 0.3 is 5.97 Å². The molecule has 1 aromatic rings. The second-order valence-electron chi connectivity index (χ2n) is 8.41. The molecule has 2 aliphatic rings. The second-order valence-corrected chi connectivity index (χ2v) is 8.41. The van der Waals surface area contributed by atoms with Crippen molar-refractivity contribution >= 4 is 11.8 Å². The summed E-state index contributed by atoms with van der Waals surface area (Å²) in [7, 11) is 0. The number of allylic oxidation sites excluding steroid dienone is 3. The molecule has 0 bridgehead atoms. The first-order valence-electron chi connectivity index (χ1n) is 9.30. The fraction of sp³-hybridized carbons (Fsp3) is 0.455. The lowest BCUT2D eigenvalue weighted by Gasteiger charge is -2.39. The summed E-state index contributed by atoms with van der Waals surface area (Å²) in [4.78, 5) is 25.9. The van der Waals surface area contributed by atoms with E-state index in [9.17, 15) is 14.0 Å². The zero-order valence-corrected chi connectivity index (χ0v) is 16.5. The molecule has 1 aliphatic carbocycles. The minimum Gasteiger partial charge on any atom is -0.460 e. The van der Waals surface area contributed by atoms with Crippen molar-refractivity contribution in [2.24, 2.45) is 5.41 Å². The predicted octanol–water partition coefficient (Wildman–Crippen LogP) is 4.38. The van der Waals surface area contributed by atoms with E-state index in [4.69, 9.17) is 4.74 Å². The van der Waals surface area contributed by atoms with Crippen molar-refractivity contribution in [3.05, 3.63) is 58.2 Å². The molecule has 0 saturated carbocycles. The monoisotopic (exact) mass is 371 g/mol. The van der Waals surface area contributed by atoms with Crippen LogP contribution in [-0.4, -0.2) is 17.9 Å². The molecule has 1 N–H and O–H groups in total. The highest BCUT2D eigenvalue weighted by atomic mass is 19.1. The van der Waals surface area contributed by atoms with E-state index in [1.54, 1.807) is 39.0 Å². The van der Waals surface area contributed by atoms with Crippen LogP contribution in [0.3, 0.4) is 0 Å². The van der Waals surface area contributed by atoms with Crippen LogP contribution in [0.15, 0.2) is 46.8 Å². The van der Waals surface area contributed by atoms with Crippen molar-refractivity contribution < 1.29 is 18.7 Å². The van der Waals surface area contributed by atoms with Crippen LogP contribution in [0, 0.1) is 11.2 Å². The van der Waals surface area contributed by atoms with Gasteiger partial charge < -0.3 is 10.1 Å². The number of nitrogens with one attached hydrogen (secondary N) is 1. The van der Waals surface area contributed by atoms with Crippen LogP contribution in [0.1, 0.15) is 58.9 Å². The van der Waals surface area contributed by atoms with Gasteiger partial charge in [-0.25, -0.2) is 9.18 Å². The van der Waals surface area contributed by atoms with Crippen molar-refractivity contribution in [3.8, 4) is 0 Å². The maximum atomic E-state index is 14.7. The Hall–Kier alpha value is -2.43. The first-order chi connectivity index (χ1) is 12.6. The molecule has 0 radical (unpaired) electrons. The van der Waals surface area contributed by atoms with Crippen molar-refractivity contribution in [3.63, 3.8) is 0 Å². The van der Waals surface area contributed by atoms with Gasteiger partial charge in [-0.2, -0.15) is 0 Å². The third-order valence-corrected chi connectivity index (χ3v) is 5.02. The Morgan fingerprint density at radius 1 is 1.26 bits per heavy atom. The van der Waals surface area contributed by atoms with Crippen LogP contribution in [0.2, 0.25) is 0 Å². The smallest absolute Gasteiger partial charge is 0.337 e. The molecule has 4 nitrogen and oxygen atoms in total. The summed E-state index contributed by atoms with van der Waals surface area (Å²) < 4.78 is 20.1. The first-order valence-corrected chi connectivity index (χ1v) is 9.30. The minimum atomic E-state index is -0.752. The minimum absolute atomic E-state index is 0.0515. The topological polar surface area (TPSA) is 55.4 Å². The zero-order chi connectivity index (χ0) is 19.9. The Kier molecular flexibility index (Phi) is 4.98. The number of hydrogen-bond acceptors (Lipinski definition) is 4. The number of rotatable bonds is 3. The van der Waals surface area contributed by atoms with Crippen LogP contribution in [0.25, 0.3) is 0 Å². The van der Waals surface area contributed by atoms with Crippen molar-refractivity contribution in [1.29, 1.82) is 0 Å². The molecule has 5 heteroatoms. The van der Waals surface area contributed by atoms with Gasteiger partial charge in [-0.1, -0.05) is 32.0 Å². The molecule has 27 heavy (non-hydrogen) atoms. The van der Waals surface area contributed by atoms with Crippen LogP contribution < -0.4 is 5.32 Å². The lowest BCUT2D eigenvalue weighted by Crippen LogP contribution is -2.39. The van der Waals surface area contributed by atoms with E-state index in [0.717, 1.165) is 5.70 Å². The third kappa shape index (κ3) is 3.68. The summed E-state index contributed by atoms with van der Waals surface area (Å²) in [6.45, 7) is 9.38. The van der Waals surface area contributed by atoms with Gasteiger partial charge in [0.25, 0.3) is 0 Å². The summed E-state index contributed by atoms with van der Waals surface area (Å²) in [5, 5.41) is 3.24. The Balaban J connectivity index is 2.19. The molecule has 1 atom stereocenters. The molecule has 0 aromatic heterocycles. The van der Waals surface area contributed by atoms with Crippen LogP contribution in [0.4, 0.5) is 4.39 Å². The fourth-order valence-electron chi connectivity index (χ4n) is 4.00. The Morgan fingerprint density at radius 3 is 2.56 bits per heavy atom. The highest BCUT2D eigenvalue weighted by Gasteiger charge is 2.43. The number of dihydropyridines is 1. The van der Waals surface area contributed by atoms with E-state index < -0.39 is 17.7 Å². The number of carbonyl (C=O) groups is 2. The third-order valence-electron chi connectivity index (χ3n) is 5.02. The molecule has 0 fully saturated rings. The van der Waals surface area contributed by atoms with Gasteiger partial charge in [0.05, 0.1) is 17.6 Å². The van der Waals surface area contributed by atoms with Crippen molar-refractivity contribution in [2.45, 2.75) is 59.5 Å². The number of halogens is 1. The number of ether oxygens (including phenoxy) is 1. The number of benzene rings is 1. The standard InChI is InChI=1S/C22H26FNO3/c1-12(2)27-21(26)18-13(3)24-16-10-22(4,5)11-17(25)20(16)19(18)14-8-6-7-9-15(14)23/h6-9,12,19,24H,10-11H2,1-5H3. The molecule has 1 aliphatic heterocycles. The van der Waals surface area contributed by atoms with E-state index in [1.807, 2.05) is 13.8 Å². The number of Topliss-reactive ketones (excluding diaryl/α,β-unsaturated/α-hetero) is 1. The largest absolute Gasteiger partial charge is 0.460 e. The van der Waals surface area contributed by atoms with Crippen LogP contribution in [-0.2, 0) is 14.3 Å². The number of esters is 1. The summed E-state index contributed by atoms with van der Waals surface area (Å²) in [6.07, 6.45) is 0.725. The van der Waals surface area contributed by atoms with E-state index in [0.29, 0.717) is 35.2 Å². The Labute approximate surface area is 159 Å². The average Bonchev–Trinajstić information content (AvgIpc) is 2.51. The molecule has 0 amide bonds. The average molecular weight is 371 g/mol. The molecule has 1 aromatic carbocycles. The van der Waals surface area contributed by atoms with Gasteiger partial charge in [0.1, 0.15) is 5.82 Å². The summed E-state index contributed by atoms with van der Waals surface area (Å²) in [6, 6.07) is 6.32. The van der Waals surface area contributed by atoms with Gasteiger partial charge in [-0.3, -0.25) is 4.79 Å². The Bertz CT molecular complexity index is 864. The maximum absolute atomic E-state index is 14.7. The zero-order valence-electron chi connectivity index (χ0n) is 16.5. The highest BCUT2D eigenvalue weighted by Crippen LogP contribution is 2.47. The first kappa shape index (κ1) is 19.3. The highest BCUT2D eigenvalue weighted by molar-refractivity contribution is 6.04. The van der Waals surface area contributed by atoms with Crippen LogP contribution >= 0.6 is 0 Å². The van der Waals surface area contributed by atoms with E-state index in [1.165, 1.54) is 6.07 Å². The maximum Gasteiger partial charge on any atom is 0.337 e. The SMILES string of the molecule is CC1=C(C(=O)OC(C)C)C(c2ccccc2F)C2=C(CC(C)(C)CC2=O)N1.